The predicted molar refractivity (Wildman–Crippen MR) is 71.3 cm³/mol. The van der Waals surface area contributed by atoms with Crippen molar-refractivity contribution < 1.29 is 4.79 Å². The van der Waals surface area contributed by atoms with Crippen LogP contribution in [-0.2, 0) is 0 Å². The molecule has 0 saturated heterocycles. The molecule has 0 saturated carbocycles. The van der Waals surface area contributed by atoms with Crippen molar-refractivity contribution in [3.05, 3.63) is 63.4 Å². The van der Waals surface area contributed by atoms with Crippen molar-refractivity contribution in [2.24, 2.45) is 0 Å². The second kappa shape index (κ2) is 4.80. The first-order chi connectivity index (χ1) is 8.09. The van der Waals surface area contributed by atoms with Crippen LogP contribution in [-0.4, -0.2) is 10.8 Å². The number of pyridine rings is 1. The molecule has 2 nitrogen and oxygen atoms in total. The average molecular weight is 290 g/mol. The molecule has 0 atom stereocenters. The van der Waals surface area contributed by atoms with Gasteiger partial charge in [-0.1, -0.05) is 18.2 Å². The number of aryl methyl sites for hydroxylation is 1. The summed E-state index contributed by atoms with van der Waals surface area (Å²) in [6.45, 7) is 3.96. The van der Waals surface area contributed by atoms with Crippen LogP contribution >= 0.6 is 15.9 Å². The van der Waals surface area contributed by atoms with E-state index >= 15 is 0 Å². The molecule has 0 radical (unpaired) electrons. The van der Waals surface area contributed by atoms with Crippen molar-refractivity contribution in [1.82, 2.24) is 4.98 Å². The highest BCUT2D eigenvalue weighted by Crippen LogP contribution is 2.17. The summed E-state index contributed by atoms with van der Waals surface area (Å²) in [6.07, 6.45) is 1.64. The fraction of sp³-hybridized carbons (Fsp3) is 0.143. The lowest BCUT2D eigenvalue weighted by molar-refractivity contribution is 0.103. The first-order valence-corrected chi connectivity index (χ1v) is 6.11. The van der Waals surface area contributed by atoms with E-state index in [9.17, 15) is 4.79 Å². The van der Waals surface area contributed by atoms with E-state index in [0.29, 0.717) is 5.69 Å². The van der Waals surface area contributed by atoms with E-state index in [2.05, 4.69) is 20.9 Å². The summed E-state index contributed by atoms with van der Waals surface area (Å²) in [5.74, 6) is -0.0290. The van der Waals surface area contributed by atoms with Gasteiger partial charge in [-0.25, -0.2) is 0 Å². The molecular weight excluding hydrogens is 278 g/mol. The van der Waals surface area contributed by atoms with Crippen LogP contribution in [0.3, 0.4) is 0 Å². The minimum absolute atomic E-state index is 0.0290. The van der Waals surface area contributed by atoms with Crippen LogP contribution in [0.25, 0.3) is 0 Å². The van der Waals surface area contributed by atoms with Crippen LogP contribution in [0.4, 0.5) is 0 Å². The number of hydrogen-bond donors (Lipinski definition) is 0. The number of rotatable bonds is 2. The standard InChI is InChI=1S/C14H12BrNO/c1-9-4-3-5-12(10(9)2)14(17)13-7-6-11(15)8-16-13/h3-8H,1-2H3. The van der Waals surface area contributed by atoms with E-state index in [1.165, 1.54) is 0 Å². The second-order valence-corrected chi connectivity index (χ2v) is 4.85. The predicted octanol–water partition coefficient (Wildman–Crippen LogP) is 3.69. The van der Waals surface area contributed by atoms with Crippen LogP contribution in [0.2, 0.25) is 0 Å². The van der Waals surface area contributed by atoms with Crippen LogP contribution in [0.1, 0.15) is 27.2 Å². The maximum atomic E-state index is 12.3. The van der Waals surface area contributed by atoms with Crippen LogP contribution < -0.4 is 0 Å². The monoisotopic (exact) mass is 289 g/mol. The third-order valence-electron chi connectivity index (χ3n) is 2.81. The van der Waals surface area contributed by atoms with Crippen molar-refractivity contribution in [3.8, 4) is 0 Å². The smallest absolute Gasteiger partial charge is 0.211 e. The third kappa shape index (κ3) is 2.44. The minimum atomic E-state index is -0.0290. The zero-order valence-corrected chi connectivity index (χ0v) is 11.3. The van der Waals surface area contributed by atoms with E-state index in [-0.39, 0.29) is 5.78 Å². The Hall–Kier alpha value is -1.48. The van der Waals surface area contributed by atoms with Gasteiger partial charge in [-0.15, -0.1) is 0 Å². The normalized spacial score (nSPS) is 10.3. The summed E-state index contributed by atoms with van der Waals surface area (Å²) in [4.78, 5) is 16.4. The van der Waals surface area contributed by atoms with E-state index in [1.54, 1.807) is 12.3 Å². The van der Waals surface area contributed by atoms with Gasteiger partial charge in [-0.05, 0) is 53.0 Å². The molecule has 1 aromatic heterocycles. The Labute approximate surface area is 109 Å². The molecule has 1 heterocycles. The molecule has 1 aromatic carbocycles. The molecular formula is C14H12BrNO. The van der Waals surface area contributed by atoms with Crippen LogP contribution in [0.15, 0.2) is 41.0 Å². The molecule has 86 valence electrons. The number of ketones is 1. The molecule has 2 rings (SSSR count). The summed E-state index contributed by atoms with van der Waals surface area (Å²) in [7, 11) is 0. The molecule has 2 aromatic rings. The first-order valence-electron chi connectivity index (χ1n) is 5.32. The van der Waals surface area contributed by atoms with E-state index in [1.807, 2.05) is 38.1 Å². The maximum absolute atomic E-state index is 12.3. The Bertz CT molecular complexity index is 561. The number of aromatic nitrogens is 1. The maximum Gasteiger partial charge on any atom is 0.211 e. The third-order valence-corrected chi connectivity index (χ3v) is 3.28. The Kier molecular flexibility index (Phi) is 3.38. The Morgan fingerprint density at radius 1 is 1.18 bits per heavy atom. The lowest BCUT2D eigenvalue weighted by atomic mass is 9.98. The molecule has 0 amide bonds. The van der Waals surface area contributed by atoms with Crippen molar-refractivity contribution in [2.45, 2.75) is 13.8 Å². The summed E-state index contributed by atoms with van der Waals surface area (Å²) in [5, 5.41) is 0. The minimum Gasteiger partial charge on any atom is -0.287 e. The number of hydrogen-bond acceptors (Lipinski definition) is 2. The Balaban J connectivity index is 2.44. The van der Waals surface area contributed by atoms with Gasteiger partial charge in [0.25, 0.3) is 0 Å². The van der Waals surface area contributed by atoms with Gasteiger partial charge in [-0.2, -0.15) is 0 Å². The first kappa shape index (κ1) is 12.0. The molecule has 0 bridgehead atoms. The van der Waals surface area contributed by atoms with E-state index in [4.69, 9.17) is 0 Å². The topological polar surface area (TPSA) is 30.0 Å². The highest BCUT2D eigenvalue weighted by molar-refractivity contribution is 9.10. The van der Waals surface area contributed by atoms with E-state index < -0.39 is 0 Å². The number of carbonyl (C=O) groups excluding carboxylic acids is 1. The summed E-state index contributed by atoms with van der Waals surface area (Å²) < 4.78 is 0.870. The molecule has 0 aliphatic carbocycles. The molecule has 0 aliphatic rings. The highest BCUT2D eigenvalue weighted by atomic mass is 79.9. The molecule has 0 fully saturated rings. The summed E-state index contributed by atoms with van der Waals surface area (Å²) >= 11 is 3.30. The van der Waals surface area contributed by atoms with Gasteiger partial charge in [0.1, 0.15) is 5.69 Å². The number of carbonyl (C=O) groups is 1. The van der Waals surface area contributed by atoms with Gasteiger partial charge in [-0.3, -0.25) is 9.78 Å². The molecule has 0 unspecified atom stereocenters. The van der Waals surface area contributed by atoms with Crippen molar-refractivity contribution in [2.75, 3.05) is 0 Å². The van der Waals surface area contributed by atoms with Crippen molar-refractivity contribution >= 4 is 21.7 Å². The molecule has 0 spiro atoms. The molecule has 0 aliphatic heterocycles. The molecule has 3 heteroatoms. The fourth-order valence-electron chi connectivity index (χ4n) is 1.65. The second-order valence-electron chi connectivity index (χ2n) is 3.94. The average Bonchev–Trinajstić information content (AvgIpc) is 2.33. The fourth-order valence-corrected chi connectivity index (χ4v) is 1.88. The number of nitrogens with zero attached hydrogens (tertiary/aromatic N) is 1. The van der Waals surface area contributed by atoms with Gasteiger partial charge in [0.2, 0.25) is 5.78 Å². The van der Waals surface area contributed by atoms with Crippen LogP contribution in [0.5, 0.6) is 0 Å². The highest BCUT2D eigenvalue weighted by Gasteiger charge is 2.13. The lowest BCUT2D eigenvalue weighted by Crippen LogP contribution is -2.06. The van der Waals surface area contributed by atoms with Gasteiger partial charge in [0.15, 0.2) is 0 Å². The lowest BCUT2D eigenvalue weighted by Gasteiger charge is -2.06. The zero-order chi connectivity index (χ0) is 12.4. The molecule has 17 heavy (non-hydrogen) atoms. The van der Waals surface area contributed by atoms with Gasteiger partial charge >= 0.3 is 0 Å². The van der Waals surface area contributed by atoms with Gasteiger partial charge in [0, 0.05) is 16.2 Å². The Morgan fingerprint density at radius 3 is 2.59 bits per heavy atom. The van der Waals surface area contributed by atoms with Gasteiger partial charge < -0.3 is 0 Å². The summed E-state index contributed by atoms with van der Waals surface area (Å²) in [5.41, 5.74) is 3.33. The number of benzene rings is 1. The molecule has 0 N–H and O–H groups in total. The van der Waals surface area contributed by atoms with E-state index in [0.717, 1.165) is 21.2 Å². The quantitative estimate of drug-likeness (QED) is 0.789. The van der Waals surface area contributed by atoms with Crippen molar-refractivity contribution in [3.63, 3.8) is 0 Å². The van der Waals surface area contributed by atoms with Crippen LogP contribution in [0, 0.1) is 13.8 Å². The van der Waals surface area contributed by atoms with Crippen molar-refractivity contribution in [1.29, 1.82) is 0 Å². The number of halogens is 1. The SMILES string of the molecule is Cc1cccc(C(=O)c2ccc(Br)cn2)c1C. The zero-order valence-electron chi connectivity index (χ0n) is 9.70. The summed E-state index contributed by atoms with van der Waals surface area (Å²) in [6, 6.07) is 9.30. The largest absolute Gasteiger partial charge is 0.287 e. The Morgan fingerprint density at radius 2 is 1.94 bits per heavy atom. The van der Waals surface area contributed by atoms with Gasteiger partial charge in [0.05, 0.1) is 0 Å².